The van der Waals surface area contributed by atoms with Crippen LogP contribution in [0.2, 0.25) is 0 Å². The predicted octanol–water partition coefficient (Wildman–Crippen LogP) is 2.92. The number of benzene rings is 1. The molecule has 0 aliphatic rings. The van der Waals surface area contributed by atoms with Crippen LogP contribution in [-0.4, -0.2) is 0 Å². The van der Waals surface area contributed by atoms with E-state index in [-0.39, 0.29) is 6.04 Å². The molecule has 16 heavy (non-hydrogen) atoms. The Bertz CT molecular complexity index is 476. The molecule has 1 aromatic carbocycles. The molecule has 0 aliphatic carbocycles. The summed E-state index contributed by atoms with van der Waals surface area (Å²) in [5, 5.41) is 4.31. The van der Waals surface area contributed by atoms with Gasteiger partial charge in [-0.15, -0.1) is 0 Å². The number of hydrogen-bond acceptors (Lipinski definition) is 3. The number of nitrogens with two attached hydrogens (primary N) is 1. The molecular weight excluding hydrogens is 216 g/mol. The number of hydrogen-bond donors (Lipinski definition) is 2. The van der Waals surface area contributed by atoms with Gasteiger partial charge in [0, 0.05) is 0 Å². The van der Waals surface area contributed by atoms with E-state index in [1.165, 1.54) is 22.3 Å². The molecule has 2 nitrogen and oxygen atoms in total. The van der Waals surface area contributed by atoms with E-state index in [1.807, 2.05) is 12.1 Å². The zero-order valence-corrected chi connectivity index (χ0v) is 10.3. The lowest BCUT2D eigenvalue weighted by molar-refractivity contribution is 0.633. The second-order valence-corrected chi connectivity index (χ2v) is 4.71. The summed E-state index contributed by atoms with van der Waals surface area (Å²) >= 11 is 1.71. The molecule has 1 unspecified atom stereocenters. The Kier molecular flexibility index (Phi) is 3.39. The highest BCUT2D eigenvalue weighted by Gasteiger charge is 2.16. The second-order valence-electron chi connectivity index (χ2n) is 3.97. The molecule has 0 saturated heterocycles. The van der Waals surface area contributed by atoms with E-state index in [9.17, 15) is 0 Å². The molecule has 0 bridgehead atoms. The molecule has 0 radical (unpaired) electrons. The largest absolute Gasteiger partial charge is 0.271 e. The Morgan fingerprint density at radius 1 is 1.06 bits per heavy atom. The van der Waals surface area contributed by atoms with Crippen molar-refractivity contribution in [2.24, 2.45) is 5.84 Å². The Balaban J connectivity index is 2.45. The highest BCUT2D eigenvalue weighted by molar-refractivity contribution is 7.08. The molecule has 0 aliphatic heterocycles. The molecule has 3 heteroatoms. The quantitative estimate of drug-likeness (QED) is 0.631. The summed E-state index contributed by atoms with van der Waals surface area (Å²) in [6.07, 6.45) is 0. The summed E-state index contributed by atoms with van der Waals surface area (Å²) in [5.41, 5.74) is 7.97. The van der Waals surface area contributed by atoms with Crippen molar-refractivity contribution in [2.75, 3.05) is 0 Å². The molecule has 3 N–H and O–H groups in total. The van der Waals surface area contributed by atoms with Crippen molar-refractivity contribution in [1.82, 2.24) is 5.43 Å². The normalized spacial score (nSPS) is 12.7. The van der Waals surface area contributed by atoms with E-state index in [4.69, 9.17) is 5.84 Å². The molecule has 1 aromatic heterocycles. The molecule has 2 aromatic rings. The zero-order chi connectivity index (χ0) is 11.5. The van der Waals surface area contributed by atoms with Gasteiger partial charge >= 0.3 is 0 Å². The van der Waals surface area contributed by atoms with E-state index in [0.717, 1.165) is 0 Å². The number of hydrazine groups is 1. The minimum atomic E-state index is 0.0902. The lowest BCUT2D eigenvalue weighted by Gasteiger charge is -2.18. The van der Waals surface area contributed by atoms with Gasteiger partial charge in [-0.05, 0) is 46.9 Å². The van der Waals surface area contributed by atoms with Crippen LogP contribution in [0.5, 0.6) is 0 Å². The number of rotatable bonds is 3. The first-order chi connectivity index (χ1) is 7.74. The number of nitrogens with one attached hydrogen (secondary N) is 1. The standard InChI is InChI=1S/C13H16N2S/c1-9-5-3-4-6-11(9)13(15-14)12-8-16-7-10(12)2/h3-8,13,15H,14H2,1-2H3. The van der Waals surface area contributed by atoms with Gasteiger partial charge in [-0.3, -0.25) is 5.84 Å². The molecular formula is C13H16N2S. The van der Waals surface area contributed by atoms with Gasteiger partial charge in [-0.2, -0.15) is 11.3 Å². The van der Waals surface area contributed by atoms with Crippen LogP contribution in [0.15, 0.2) is 35.0 Å². The van der Waals surface area contributed by atoms with Crippen LogP contribution in [0.25, 0.3) is 0 Å². The lowest BCUT2D eigenvalue weighted by Crippen LogP contribution is -2.29. The van der Waals surface area contributed by atoms with Crippen LogP contribution in [0, 0.1) is 13.8 Å². The number of aryl methyl sites for hydroxylation is 2. The van der Waals surface area contributed by atoms with Crippen LogP contribution < -0.4 is 11.3 Å². The average Bonchev–Trinajstić information content (AvgIpc) is 2.69. The average molecular weight is 232 g/mol. The smallest absolute Gasteiger partial charge is 0.0723 e. The third kappa shape index (κ3) is 2.02. The van der Waals surface area contributed by atoms with Gasteiger partial charge in [0.25, 0.3) is 0 Å². The minimum Gasteiger partial charge on any atom is -0.271 e. The fourth-order valence-corrected chi connectivity index (χ4v) is 2.80. The predicted molar refractivity (Wildman–Crippen MR) is 69.4 cm³/mol. The van der Waals surface area contributed by atoms with Crippen molar-refractivity contribution in [2.45, 2.75) is 19.9 Å². The van der Waals surface area contributed by atoms with Crippen molar-refractivity contribution in [3.05, 3.63) is 57.3 Å². The van der Waals surface area contributed by atoms with Crippen molar-refractivity contribution >= 4 is 11.3 Å². The maximum atomic E-state index is 5.69. The summed E-state index contributed by atoms with van der Waals surface area (Å²) in [7, 11) is 0. The highest BCUT2D eigenvalue weighted by atomic mass is 32.1. The van der Waals surface area contributed by atoms with Crippen molar-refractivity contribution in [3.63, 3.8) is 0 Å². The first kappa shape index (κ1) is 11.3. The Labute approximate surface area is 100 Å². The van der Waals surface area contributed by atoms with Gasteiger partial charge in [-0.1, -0.05) is 24.3 Å². The van der Waals surface area contributed by atoms with Crippen molar-refractivity contribution in [3.8, 4) is 0 Å². The second kappa shape index (κ2) is 4.78. The molecule has 1 atom stereocenters. The van der Waals surface area contributed by atoms with E-state index >= 15 is 0 Å². The summed E-state index contributed by atoms with van der Waals surface area (Å²) in [6, 6.07) is 8.42. The molecule has 84 valence electrons. The Morgan fingerprint density at radius 2 is 1.81 bits per heavy atom. The molecule has 0 fully saturated rings. The Hall–Kier alpha value is -1.16. The first-order valence-electron chi connectivity index (χ1n) is 5.28. The Morgan fingerprint density at radius 3 is 2.38 bits per heavy atom. The van der Waals surface area contributed by atoms with Gasteiger partial charge in [0.05, 0.1) is 6.04 Å². The van der Waals surface area contributed by atoms with Crippen LogP contribution in [0.1, 0.15) is 28.3 Å². The monoisotopic (exact) mass is 232 g/mol. The van der Waals surface area contributed by atoms with E-state index < -0.39 is 0 Å². The van der Waals surface area contributed by atoms with Crippen molar-refractivity contribution < 1.29 is 0 Å². The maximum absolute atomic E-state index is 5.69. The van der Waals surface area contributed by atoms with Crippen LogP contribution in [-0.2, 0) is 0 Å². The van der Waals surface area contributed by atoms with E-state index in [1.54, 1.807) is 11.3 Å². The molecule has 0 amide bonds. The summed E-state index contributed by atoms with van der Waals surface area (Å²) in [6.45, 7) is 4.23. The summed E-state index contributed by atoms with van der Waals surface area (Å²) in [5.74, 6) is 5.69. The third-order valence-corrected chi connectivity index (χ3v) is 3.75. The van der Waals surface area contributed by atoms with Gasteiger partial charge in [0.15, 0.2) is 0 Å². The zero-order valence-electron chi connectivity index (χ0n) is 9.53. The maximum Gasteiger partial charge on any atom is 0.0723 e. The van der Waals surface area contributed by atoms with Crippen LogP contribution >= 0.6 is 11.3 Å². The summed E-state index contributed by atoms with van der Waals surface area (Å²) < 4.78 is 0. The molecule has 0 saturated carbocycles. The van der Waals surface area contributed by atoms with E-state index in [0.29, 0.717) is 0 Å². The highest BCUT2D eigenvalue weighted by Crippen LogP contribution is 2.28. The van der Waals surface area contributed by atoms with Gasteiger partial charge in [0.2, 0.25) is 0 Å². The summed E-state index contributed by atoms with van der Waals surface area (Å²) in [4.78, 5) is 0. The number of thiophene rings is 1. The van der Waals surface area contributed by atoms with E-state index in [2.05, 4.69) is 42.2 Å². The molecule has 2 rings (SSSR count). The minimum absolute atomic E-state index is 0.0902. The SMILES string of the molecule is Cc1ccccc1C(NN)c1cscc1C. The molecule has 0 spiro atoms. The van der Waals surface area contributed by atoms with Gasteiger partial charge in [0.1, 0.15) is 0 Å². The van der Waals surface area contributed by atoms with Crippen molar-refractivity contribution in [1.29, 1.82) is 0 Å². The van der Waals surface area contributed by atoms with Crippen LogP contribution in [0.4, 0.5) is 0 Å². The third-order valence-electron chi connectivity index (χ3n) is 2.87. The first-order valence-corrected chi connectivity index (χ1v) is 6.22. The topological polar surface area (TPSA) is 38.0 Å². The van der Waals surface area contributed by atoms with Crippen LogP contribution in [0.3, 0.4) is 0 Å². The fourth-order valence-electron chi connectivity index (χ4n) is 1.92. The van der Waals surface area contributed by atoms with Gasteiger partial charge in [-0.25, -0.2) is 5.43 Å². The fraction of sp³-hybridized carbons (Fsp3) is 0.231. The van der Waals surface area contributed by atoms with Gasteiger partial charge < -0.3 is 0 Å². The lowest BCUT2D eigenvalue weighted by atomic mass is 9.95. The molecule has 1 heterocycles.